The molecule has 110 valence electrons. The van der Waals surface area contributed by atoms with Crippen LogP contribution in [0.25, 0.3) is 0 Å². The van der Waals surface area contributed by atoms with Crippen molar-refractivity contribution in [2.75, 3.05) is 27.2 Å². The fraction of sp³-hybridized carbons (Fsp3) is 0.538. The number of amides is 1. The summed E-state index contributed by atoms with van der Waals surface area (Å²) in [5.74, 6) is -0.124. The maximum atomic E-state index is 12.0. The van der Waals surface area contributed by atoms with E-state index in [9.17, 15) is 4.79 Å². The summed E-state index contributed by atoms with van der Waals surface area (Å²) in [5.41, 5.74) is 6.68. The number of carbonyl (C=O) groups is 1. The van der Waals surface area contributed by atoms with E-state index < -0.39 is 0 Å². The Bertz CT molecular complexity index is 477. The number of rotatable bonds is 4. The lowest BCUT2D eigenvalue weighted by atomic mass is 10.2. The van der Waals surface area contributed by atoms with Crippen molar-refractivity contribution in [3.63, 3.8) is 0 Å². The molecule has 0 unspecified atom stereocenters. The molecule has 0 aliphatic heterocycles. The van der Waals surface area contributed by atoms with E-state index in [-0.39, 0.29) is 5.91 Å². The molecule has 1 amide bonds. The van der Waals surface area contributed by atoms with E-state index >= 15 is 0 Å². The molecule has 1 aromatic heterocycles. The van der Waals surface area contributed by atoms with Crippen molar-refractivity contribution >= 4 is 34.6 Å². The smallest absolute Gasteiger partial charge is 0.279 e. The zero-order chi connectivity index (χ0) is 14.5. The topological polar surface area (TPSA) is 56.4 Å². The summed E-state index contributed by atoms with van der Waals surface area (Å²) >= 11 is 6.67. The maximum Gasteiger partial charge on any atom is 0.279 e. The number of hydrazine groups is 1. The summed E-state index contributed by atoms with van der Waals surface area (Å²) < 4.78 is 0. The first-order valence-electron chi connectivity index (χ1n) is 6.67. The van der Waals surface area contributed by atoms with Gasteiger partial charge in [0.2, 0.25) is 0 Å². The lowest BCUT2D eigenvalue weighted by Crippen LogP contribution is -2.47. The van der Waals surface area contributed by atoms with E-state index in [1.807, 2.05) is 20.2 Å². The van der Waals surface area contributed by atoms with Gasteiger partial charge in [-0.2, -0.15) is 0 Å². The van der Waals surface area contributed by atoms with E-state index in [0.29, 0.717) is 5.11 Å². The highest BCUT2D eigenvalue weighted by Crippen LogP contribution is 2.30. The fourth-order valence-electron chi connectivity index (χ4n) is 2.05. The lowest BCUT2D eigenvalue weighted by molar-refractivity contribution is 0.0947. The number of hydrogen-bond donors (Lipinski definition) is 3. The highest BCUT2D eigenvalue weighted by atomic mass is 32.1. The molecule has 7 heteroatoms. The molecule has 1 aromatic rings. The van der Waals surface area contributed by atoms with Crippen LogP contribution in [0.2, 0.25) is 0 Å². The van der Waals surface area contributed by atoms with Crippen LogP contribution in [0.3, 0.4) is 0 Å². The molecule has 5 nitrogen and oxygen atoms in total. The standard InChI is InChI=1S/C13H20N4OS2/c1-17(2)7-6-14-13(19)16-15-12(18)11-8-9-4-3-5-10(9)20-11/h8H,3-7H2,1-2H3,(H,15,18)(H2,14,16,19). The fourth-order valence-corrected chi connectivity index (χ4v) is 3.36. The van der Waals surface area contributed by atoms with E-state index in [4.69, 9.17) is 12.2 Å². The molecule has 20 heavy (non-hydrogen) atoms. The SMILES string of the molecule is CN(C)CCNC(=S)NNC(=O)c1cc2c(s1)CCC2. The number of carbonyl (C=O) groups excluding carboxylic acids is 1. The van der Waals surface area contributed by atoms with Crippen LogP contribution in [0.15, 0.2) is 6.07 Å². The Morgan fingerprint density at radius 2 is 2.20 bits per heavy atom. The minimum absolute atomic E-state index is 0.124. The van der Waals surface area contributed by atoms with E-state index in [1.54, 1.807) is 11.3 Å². The van der Waals surface area contributed by atoms with Crippen molar-refractivity contribution in [3.8, 4) is 0 Å². The molecule has 0 saturated carbocycles. The van der Waals surface area contributed by atoms with E-state index in [0.717, 1.165) is 30.8 Å². The van der Waals surface area contributed by atoms with Crippen molar-refractivity contribution in [2.45, 2.75) is 19.3 Å². The first-order valence-corrected chi connectivity index (χ1v) is 7.89. The van der Waals surface area contributed by atoms with Gasteiger partial charge in [0.25, 0.3) is 5.91 Å². The van der Waals surface area contributed by atoms with Crippen LogP contribution >= 0.6 is 23.6 Å². The Morgan fingerprint density at radius 1 is 1.40 bits per heavy atom. The average molecular weight is 312 g/mol. The van der Waals surface area contributed by atoms with Crippen molar-refractivity contribution in [1.82, 2.24) is 21.1 Å². The minimum Gasteiger partial charge on any atom is -0.360 e. The quantitative estimate of drug-likeness (QED) is 0.570. The zero-order valence-corrected chi connectivity index (χ0v) is 13.4. The first-order chi connectivity index (χ1) is 9.56. The molecule has 1 aliphatic carbocycles. The van der Waals surface area contributed by atoms with Crippen LogP contribution in [-0.2, 0) is 12.8 Å². The zero-order valence-electron chi connectivity index (χ0n) is 11.8. The number of hydrogen-bond acceptors (Lipinski definition) is 4. The number of thiophene rings is 1. The van der Waals surface area contributed by atoms with Crippen molar-refractivity contribution in [1.29, 1.82) is 0 Å². The highest BCUT2D eigenvalue weighted by Gasteiger charge is 2.18. The van der Waals surface area contributed by atoms with Crippen LogP contribution < -0.4 is 16.2 Å². The number of likely N-dealkylation sites (N-methyl/N-ethyl adjacent to an activating group) is 1. The van der Waals surface area contributed by atoms with Gasteiger partial charge in [-0.3, -0.25) is 15.6 Å². The molecule has 0 saturated heterocycles. The highest BCUT2D eigenvalue weighted by molar-refractivity contribution is 7.80. The predicted molar refractivity (Wildman–Crippen MR) is 86.1 cm³/mol. The summed E-state index contributed by atoms with van der Waals surface area (Å²) in [7, 11) is 3.99. The first kappa shape index (κ1) is 15.2. The molecule has 0 atom stereocenters. The molecule has 1 heterocycles. The number of nitrogens with zero attached hydrogens (tertiary/aromatic N) is 1. The van der Waals surface area contributed by atoms with Crippen molar-refractivity contribution in [2.24, 2.45) is 0 Å². The van der Waals surface area contributed by atoms with Gasteiger partial charge in [-0.25, -0.2) is 0 Å². The third-order valence-electron chi connectivity index (χ3n) is 3.10. The van der Waals surface area contributed by atoms with Crippen LogP contribution in [0, 0.1) is 0 Å². The molecule has 0 spiro atoms. The Hall–Kier alpha value is -1.18. The summed E-state index contributed by atoms with van der Waals surface area (Å²) in [6.45, 7) is 1.62. The van der Waals surface area contributed by atoms with Gasteiger partial charge in [0.1, 0.15) is 0 Å². The van der Waals surface area contributed by atoms with Crippen LogP contribution in [-0.4, -0.2) is 43.1 Å². The number of fused-ring (bicyclic) bond motifs is 1. The van der Waals surface area contributed by atoms with E-state index in [2.05, 4.69) is 21.1 Å². The Labute approximate surface area is 128 Å². The van der Waals surface area contributed by atoms with Gasteiger partial charge >= 0.3 is 0 Å². The Kier molecular flexibility index (Phi) is 5.33. The molecule has 0 fully saturated rings. The molecule has 2 rings (SSSR count). The molecule has 3 N–H and O–H groups in total. The Balaban J connectivity index is 1.73. The largest absolute Gasteiger partial charge is 0.360 e. The van der Waals surface area contributed by atoms with Gasteiger partial charge in [0.15, 0.2) is 5.11 Å². The molecule has 0 bridgehead atoms. The third-order valence-corrected chi connectivity index (χ3v) is 4.59. The van der Waals surface area contributed by atoms with Gasteiger partial charge in [-0.15, -0.1) is 11.3 Å². The summed E-state index contributed by atoms with van der Waals surface area (Å²) in [6.07, 6.45) is 3.41. The molecular weight excluding hydrogens is 292 g/mol. The minimum atomic E-state index is -0.124. The molecule has 0 radical (unpaired) electrons. The predicted octanol–water partition coefficient (Wildman–Crippen LogP) is 0.907. The second-order valence-electron chi connectivity index (χ2n) is 5.05. The van der Waals surface area contributed by atoms with Crippen molar-refractivity contribution < 1.29 is 4.79 Å². The third kappa shape index (κ3) is 4.16. The summed E-state index contributed by atoms with van der Waals surface area (Å²) in [6, 6.07) is 1.99. The van der Waals surface area contributed by atoms with Crippen molar-refractivity contribution in [3.05, 3.63) is 21.4 Å². The van der Waals surface area contributed by atoms with Gasteiger partial charge < -0.3 is 10.2 Å². The van der Waals surface area contributed by atoms with E-state index in [1.165, 1.54) is 16.9 Å². The lowest BCUT2D eigenvalue weighted by Gasteiger charge is -2.13. The number of nitrogens with one attached hydrogen (secondary N) is 3. The van der Waals surface area contributed by atoms with Gasteiger partial charge in [0.05, 0.1) is 4.88 Å². The Morgan fingerprint density at radius 3 is 2.90 bits per heavy atom. The monoisotopic (exact) mass is 312 g/mol. The number of aryl methyl sites for hydroxylation is 2. The average Bonchev–Trinajstić information content (AvgIpc) is 2.96. The van der Waals surface area contributed by atoms with Gasteiger partial charge in [0, 0.05) is 18.0 Å². The summed E-state index contributed by atoms with van der Waals surface area (Å²) in [4.78, 5) is 16.1. The number of thiocarbonyl (C=S) groups is 1. The molecule has 1 aliphatic rings. The normalized spacial score (nSPS) is 13.2. The van der Waals surface area contributed by atoms with Gasteiger partial charge in [-0.05, 0) is 57.2 Å². The maximum absolute atomic E-state index is 12.0. The van der Waals surface area contributed by atoms with Crippen LogP contribution in [0.4, 0.5) is 0 Å². The summed E-state index contributed by atoms with van der Waals surface area (Å²) in [5, 5.41) is 3.46. The second-order valence-corrected chi connectivity index (χ2v) is 6.60. The molecule has 0 aromatic carbocycles. The molecular formula is C13H20N4OS2. The second kappa shape index (κ2) is 7.01. The van der Waals surface area contributed by atoms with Gasteiger partial charge in [-0.1, -0.05) is 0 Å². The van der Waals surface area contributed by atoms with Crippen LogP contribution in [0.1, 0.15) is 26.5 Å². The van der Waals surface area contributed by atoms with Crippen LogP contribution in [0.5, 0.6) is 0 Å².